The van der Waals surface area contributed by atoms with E-state index in [1.165, 1.54) is 83.1 Å². The topological polar surface area (TPSA) is 3.24 Å². The monoisotopic (exact) mass is 827 g/mol. The summed E-state index contributed by atoms with van der Waals surface area (Å²) in [7, 11) is 0. The minimum atomic E-state index is 1.08. The summed E-state index contributed by atoms with van der Waals surface area (Å²) in [5.74, 6) is 0. The van der Waals surface area contributed by atoms with Crippen molar-refractivity contribution in [3.63, 3.8) is 0 Å². The van der Waals surface area contributed by atoms with Crippen LogP contribution >= 0.6 is 0 Å². The number of benzene rings is 11. The van der Waals surface area contributed by atoms with Crippen LogP contribution < -0.4 is 4.90 Å². The average Bonchev–Trinajstić information content (AvgIpc) is 3.40. The van der Waals surface area contributed by atoms with Gasteiger partial charge in [-0.3, -0.25) is 0 Å². The summed E-state index contributed by atoms with van der Waals surface area (Å²) in [6.07, 6.45) is 0. The highest BCUT2D eigenvalue weighted by atomic mass is 15.1. The Bertz CT molecular complexity index is 3390. The van der Waals surface area contributed by atoms with Crippen molar-refractivity contribution in [2.75, 3.05) is 4.90 Å². The SMILES string of the molecule is c1ccc(-c2cccc(-c3ccc(N(c4ccc(-c5ccc(-c6ccc7ccccc7c6)cc5)cc4)c4ccccc4-c4ccccc4-c4ccccc4-c4ccccc4)cc3)c2)cc1. The van der Waals surface area contributed by atoms with Crippen LogP contribution in [0, 0.1) is 0 Å². The summed E-state index contributed by atoms with van der Waals surface area (Å²) in [5.41, 5.74) is 19.9. The van der Waals surface area contributed by atoms with Crippen LogP contribution in [-0.2, 0) is 0 Å². The maximum absolute atomic E-state index is 2.41. The minimum absolute atomic E-state index is 1.08. The molecule has 1 heteroatoms. The molecule has 0 saturated carbocycles. The third-order valence-electron chi connectivity index (χ3n) is 12.5. The Morgan fingerprint density at radius 1 is 0.185 bits per heavy atom. The molecular formula is C64H45N. The van der Waals surface area contributed by atoms with Crippen molar-refractivity contribution in [2.45, 2.75) is 0 Å². The minimum Gasteiger partial charge on any atom is -0.310 e. The zero-order chi connectivity index (χ0) is 43.4. The molecule has 0 radical (unpaired) electrons. The fraction of sp³-hybridized carbons (Fsp3) is 0. The Morgan fingerprint density at radius 3 is 1.12 bits per heavy atom. The average molecular weight is 828 g/mol. The fourth-order valence-corrected chi connectivity index (χ4v) is 9.20. The van der Waals surface area contributed by atoms with E-state index >= 15 is 0 Å². The number of rotatable bonds is 10. The van der Waals surface area contributed by atoms with E-state index in [4.69, 9.17) is 0 Å². The lowest BCUT2D eigenvalue weighted by molar-refractivity contribution is 1.28. The van der Waals surface area contributed by atoms with Gasteiger partial charge in [-0.2, -0.15) is 0 Å². The Hall–Kier alpha value is -8.52. The van der Waals surface area contributed by atoms with E-state index in [0.29, 0.717) is 0 Å². The third kappa shape index (κ3) is 8.04. The summed E-state index contributed by atoms with van der Waals surface area (Å²) in [6, 6.07) is 98.8. The molecule has 0 aliphatic carbocycles. The largest absolute Gasteiger partial charge is 0.310 e. The van der Waals surface area contributed by atoms with Crippen molar-refractivity contribution in [3.8, 4) is 77.9 Å². The third-order valence-corrected chi connectivity index (χ3v) is 12.5. The number of fused-ring (bicyclic) bond motifs is 1. The van der Waals surface area contributed by atoms with E-state index in [2.05, 4.69) is 278 Å². The van der Waals surface area contributed by atoms with Crippen LogP contribution in [0.1, 0.15) is 0 Å². The van der Waals surface area contributed by atoms with E-state index in [1.54, 1.807) is 0 Å². The van der Waals surface area contributed by atoms with Crippen molar-refractivity contribution in [1.82, 2.24) is 0 Å². The van der Waals surface area contributed by atoms with Gasteiger partial charge in [0.25, 0.3) is 0 Å². The van der Waals surface area contributed by atoms with Crippen LogP contribution in [0.4, 0.5) is 17.1 Å². The summed E-state index contributed by atoms with van der Waals surface area (Å²) in [6.45, 7) is 0. The normalized spacial score (nSPS) is 11.1. The number of hydrogen-bond donors (Lipinski definition) is 0. The predicted molar refractivity (Wildman–Crippen MR) is 277 cm³/mol. The van der Waals surface area contributed by atoms with Crippen LogP contribution in [0.15, 0.2) is 273 Å². The second-order valence-corrected chi connectivity index (χ2v) is 16.5. The maximum Gasteiger partial charge on any atom is 0.0540 e. The molecule has 0 saturated heterocycles. The lowest BCUT2D eigenvalue weighted by Gasteiger charge is -2.29. The van der Waals surface area contributed by atoms with Crippen LogP contribution in [0.2, 0.25) is 0 Å². The molecule has 0 N–H and O–H groups in total. The van der Waals surface area contributed by atoms with E-state index in [1.807, 2.05) is 0 Å². The molecular weight excluding hydrogens is 783 g/mol. The predicted octanol–water partition coefficient (Wildman–Crippen LogP) is 18.0. The Labute approximate surface area is 381 Å². The number of anilines is 3. The molecule has 0 unspecified atom stereocenters. The molecule has 11 aromatic rings. The van der Waals surface area contributed by atoms with Gasteiger partial charge in [-0.05, 0) is 126 Å². The van der Waals surface area contributed by atoms with Crippen LogP contribution in [-0.4, -0.2) is 0 Å². The summed E-state index contributed by atoms with van der Waals surface area (Å²) >= 11 is 0. The van der Waals surface area contributed by atoms with Gasteiger partial charge in [0, 0.05) is 16.9 Å². The Balaban J connectivity index is 0.994. The molecule has 0 aromatic heterocycles. The van der Waals surface area contributed by atoms with E-state index in [0.717, 1.165) is 22.6 Å². The summed E-state index contributed by atoms with van der Waals surface area (Å²) < 4.78 is 0. The van der Waals surface area contributed by atoms with Gasteiger partial charge in [-0.25, -0.2) is 0 Å². The van der Waals surface area contributed by atoms with Crippen LogP contribution in [0.5, 0.6) is 0 Å². The molecule has 0 spiro atoms. The van der Waals surface area contributed by atoms with Crippen molar-refractivity contribution >= 4 is 27.8 Å². The van der Waals surface area contributed by atoms with Crippen LogP contribution in [0.3, 0.4) is 0 Å². The van der Waals surface area contributed by atoms with Crippen molar-refractivity contribution in [3.05, 3.63) is 273 Å². The van der Waals surface area contributed by atoms with Gasteiger partial charge < -0.3 is 4.90 Å². The molecule has 0 fully saturated rings. The smallest absolute Gasteiger partial charge is 0.0540 e. The van der Waals surface area contributed by atoms with Crippen LogP contribution in [0.25, 0.3) is 88.7 Å². The van der Waals surface area contributed by atoms with Gasteiger partial charge in [0.1, 0.15) is 0 Å². The first-order chi connectivity index (χ1) is 32.2. The molecule has 65 heavy (non-hydrogen) atoms. The molecule has 11 aromatic carbocycles. The molecule has 0 amide bonds. The molecule has 0 bridgehead atoms. The molecule has 0 aliphatic rings. The van der Waals surface area contributed by atoms with Gasteiger partial charge in [0.05, 0.1) is 5.69 Å². The lowest BCUT2D eigenvalue weighted by Crippen LogP contribution is -2.11. The first-order valence-corrected chi connectivity index (χ1v) is 22.3. The van der Waals surface area contributed by atoms with Gasteiger partial charge in [-0.15, -0.1) is 0 Å². The van der Waals surface area contributed by atoms with Gasteiger partial charge in [0.15, 0.2) is 0 Å². The molecule has 0 atom stereocenters. The summed E-state index contributed by atoms with van der Waals surface area (Å²) in [5, 5.41) is 2.51. The van der Waals surface area contributed by atoms with Crippen molar-refractivity contribution < 1.29 is 0 Å². The first-order valence-electron chi connectivity index (χ1n) is 22.3. The molecule has 0 aliphatic heterocycles. The zero-order valence-electron chi connectivity index (χ0n) is 35.9. The quantitative estimate of drug-likeness (QED) is 0.133. The molecule has 306 valence electrons. The molecule has 0 heterocycles. The second-order valence-electron chi connectivity index (χ2n) is 16.5. The first kappa shape index (κ1) is 39.3. The van der Waals surface area contributed by atoms with Crippen molar-refractivity contribution in [2.24, 2.45) is 0 Å². The highest BCUT2D eigenvalue weighted by molar-refractivity contribution is 5.97. The number of hydrogen-bond acceptors (Lipinski definition) is 1. The lowest BCUT2D eigenvalue weighted by atomic mass is 9.88. The van der Waals surface area contributed by atoms with E-state index in [9.17, 15) is 0 Å². The highest BCUT2D eigenvalue weighted by Gasteiger charge is 2.20. The van der Waals surface area contributed by atoms with Crippen molar-refractivity contribution in [1.29, 1.82) is 0 Å². The second kappa shape index (κ2) is 17.7. The van der Waals surface area contributed by atoms with E-state index in [-0.39, 0.29) is 0 Å². The van der Waals surface area contributed by atoms with Gasteiger partial charge in [0.2, 0.25) is 0 Å². The number of para-hydroxylation sites is 1. The highest BCUT2D eigenvalue weighted by Crippen LogP contribution is 2.46. The maximum atomic E-state index is 2.41. The standard InChI is InChI=1S/C64H45N/c1-3-16-46(17-4-1)54-22-15-23-55(44-54)51-38-42-58(43-39-51)65(57-40-36-49(37-41-57)48-30-32-50(33-31-48)56-35-34-47-18-7-8-21-53(47)45-56)64-29-14-13-28-63(64)62-27-12-11-26-61(62)60-25-10-9-24-59(60)52-19-5-2-6-20-52/h1-45H. The van der Waals surface area contributed by atoms with Gasteiger partial charge >= 0.3 is 0 Å². The Kier molecular flexibility index (Phi) is 10.7. The van der Waals surface area contributed by atoms with E-state index < -0.39 is 0 Å². The zero-order valence-corrected chi connectivity index (χ0v) is 35.9. The fourth-order valence-electron chi connectivity index (χ4n) is 9.20. The molecule has 11 rings (SSSR count). The number of nitrogens with zero attached hydrogens (tertiary/aromatic N) is 1. The Morgan fingerprint density at radius 2 is 0.538 bits per heavy atom. The molecule has 1 nitrogen and oxygen atoms in total. The van der Waals surface area contributed by atoms with Gasteiger partial charge in [-0.1, -0.05) is 231 Å². The summed E-state index contributed by atoms with van der Waals surface area (Å²) in [4.78, 5) is 2.41.